The van der Waals surface area contributed by atoms with Crippen LogP contribution in [0.5, 0.6) is 0 Å². The molecule has 0 saturated heterocycles. The molecule has 1 aromatic rings. The molecule has 1 nitrogen and oxygen atoms in total. The van der Waals surface area contributed by atoms with Crippen molar-refractivity contribution in [3.8, 4) is 0 Å². The summed E-state index contributed by atoms with van der Waals surface area (Å²) >= 11 is 5.16. The second kappa shape index (κ2) is 6.02. The van der Waals surface area contributed by atoms with E-state index in [0.717, 1.165) is 10.9 Å². The number of rotatable bonds is 3. The van der Waals surface area contributed by atoms with Crippen molar-refractivity contribution in [2.45, 2.75) is 26.3 Å². The predicted molar refractivity (Wildman–Crippen MR) is 65.7 cm³/mol. The molecule has 1 unspecified atom stereocenters. The smallest absolute Gasteiger partial charge is 0.0416 e. The number of halogens is 2. The third-order valence-electron chi connectivity index (χ3n) is 2.17. The van der Waals surface area contributed by atoms with Crippen LogP contribution in [0, 0.1) is 5.92 Å². The minimum Gasteiger partial charge on any atom is -0.323 e. The molecule has 2 atom stereocenters. The van der Waals surface area contributed by atoms with Gasteiger partial charge in [-0.25, -0.2) is 0 Å². The molecule has 4 heteroatoms. The zero-order valence-electron chi connectivity index (χ0n) is 7.79. The molecule has 0 spiro atoms. The number of nitrogens with two attached hydrogens (primary N) is 1. The first-order valence-electron chi connectivity index (χ1n) is 4.14. The van der Waals surface area contributed by atoms with Crippen LogP contribution >= 0.6 is 39.7 Å². The zero-order valence-corrected chi connectivity index (χ0v) is 11.0. The third kappa shape index (κ3) is 3.58. The molecule has 0 aliphatic rings. The molecule has 0 aliphatic heterocycles. The van der Waals surface area contributed by atoms with Gasteiger partial charge in [0.05, 0.1) is 0 Å². The largest absolute Gasteiger partial charge is 0.323 e. The van der Waals surface area contributed by atoms with Gasteiger partial charge >= 0.3 is 0 Å². The molecule has 0 aromatic carbocycles. The average Bonchev–Trinajstić information content (AvgIpc) is 2.49. The Labute approximate surface area is 98.3 Å². The van der Waals surface area contributed by atoms with E-state index < -0.39 is 0 Å². The highest BCUT2D eigenvalue weighted by Gasteiger charge is 2.14. The van der Waals surface area contributed by atoms with E-state index in [2.05, 4.69) is 41.2 Å². The van der Waals surface area contributed by atoms with E-state index in [1.165, 1.54) is 4.88 Å². The third-order valence-corrected chi connectivity index (χ3v) is 3.97. The van der Waals surface area contributed by atoms with Crippen molar-refractivity contribution in [2.75, 3.05) is 0 Å². The summed E-state index contributed by atoms with van der Waals surface area (Å²) in [6.45, 7) is 4.37. The van der Waals surface area contributed by atoms with E-state index in [1.54, 1.807) is 11.3 Å². The summed E-state index contributed by atoms with van der Waals surface area (Å²) in [7, 11) is 0. The number of thiophene rings is 1. The van der Waals surface area contributed by atoms with E-state index in [9.17, 15) is 0 Å². The summed E-state index contributed by atoms with van der Waals surface area (Å²) in [5, 5.41) is 2.08. The summed E-state index contributed by atoms with van der Waals surface area (Å²) in [5.41, 5.74) is 6.05. The molecular weight excluding hydrogens is 270 g/mol. The van der Waals surface area contributed by atoms with E-state index in [1.807, 2.05) is 0 Å². The summed E-state index contributed by atoms with van der Waals surface area (Å²) in [6, 6.07) is 2.31. The van der Waals surface area contributed by atoms with Crippen LogP contribution in [-0.4, -0.2) is 0 Å². The summed E-state index contributed by atoms with van der Waals surface area (Å²) in [5.74, 6) is 0.565. The van der Waals surface area contributed by atoms with Crippen LogP contribution < -0.4 is 5.73 Å². The van der Waals surface area contributed by atoms with E-state index in [4.69, 9.17) is 5.73 Å². The van der Waals surface area contributed by atoms with E-state index >= 15 is 0 Å². The standard InChI is InChI=1S/C9H14BrNS.ClH/c1-3-6(2)9(11)8-4-7(10)5-12-8;/h4-6,9H,3,11H2,1-2H3;1H/t6?,9-;/m0./s1. The van der Waals surface area contributed by atoms with Crippen LogP contribution in [0.3, 0.4) is 0 Å². The summed E-state index contributed by atoms with van der Waals surface area (Å²) in [4.78, 5) is 1.27. The Morgan fingerprint density at radius 3 is 2.62 bits per heavy atom. The average molecular weight is 285 g/mol. The van der Waals surface area contributed by atoms with Gasteiger partial charge in [0.15, 0.2) is 0 Å². The van der Waals surface area contributed by atoms with Crippen molar-refractivity contribution in [1.82, 2.24) is 0 Å². The van der Waals surface area contributed by atoms with Crippen LogP contribution in [-0.2, 0) is 0 Å². The second-order valence-electron chi connectivity index (χ2n) is 3.08. The van der Waals surface area contributed by atoms with Crippen molar-refractivity contribution in [1.29, 1.82) is 0 Å². The molecule has 0 aliphatic carbocycles. The van der Waals surface area contributed by atoms with E-state index in [0.29, 0.717) is 5.92 Å². The molecule has 0 bridgehead atoms. The van der Waals surface area contributed by atoms with Crippen LogP contribution in [0.2, 0.25) is 0 Å². The molecule has 13 heavy (non-hydrogen) atoms. The van der Waals surface area contributed by atoms with Gasteiger partial charge in [0.1, 0.15) is 0 Å². The fraction of sp³-hybridized carbons (Fsp3) is 0.556. The van der Waals surface area contributed by atoms with Crippen molar-refractivity contribution < 1.29 is 0 Å². The Bertz CT molecular complexity index is 252. The molecule has 76 valence electrons. The topological polar surface area (TPSA) is 26.0 Å². The first-order chi connectivity index (χ1) is 5.65. The molecule has 1 heterocycles. The Morgan fingerprint density at radius 1 is 1.62 bits per heavy atom. The van der Waals surface area contributed by atoms with Gasteiger partial charge in [-0.05, 0) is 27.9 Å². The van der Waals surface area contributed by atoms with Gasteiger partial charge in [0.2, 0.25) is 0 Å². The fourth-order valence-electron chi connectivity index (χ4n) is 1.04. The van der Waals surface area contributed by atoms with Crippen molar-refractivity contribution in [2.24, 2.45) is 11.7 Å². The minimum absolute atomic E-state index is 0. The lowest BCUT2D eigenvalue weighted by Gasteiger charge is -2.16. The highest BCUT2D eigenvalue weighted by atomic mass is 79.9. The molecule has 1 rings (SSSR count). The van der Waals surface area contributed by atoms with Gasteiger partial charge < -0.3 is 5.73 Å². The lowest BCUT2D eigenvalue weighted by atomic mass is 9.99. The molecule has 0 fully saturated rings. The van der Waals surface area contributed by atoms with Crippen molar-refractivity contribution in [3.63, 3.8) is 0 Å². The first-order valence-corrected chi connectivity index (χ1v) is 5.82. The van der Waals surface area contributed by atoms with Gasteiger partial charge in [-0.3, -0.25) is 0 Å². The Kier molecular flexibility index (Phi) is 6.21. The van der Waals surface area contributed by atoms with Gasteiger partial charge in [-0.2, -0.15) is 0 Å². The van der Waals surface area contributed by atoms with Crippen LogP contribution in [0.4, 0.5) is 0 Å². The Morgan fingerprint density at radius 2 is 2.23 bits per heavy atom. The maximum Gasteiger partial charge on any atom is 0.0416 e. The predicted octanol–water partition coefficient (Wildman–Crippen LogP) is 3.98. The quantitative estimate of drug-likeness (QED) is 0.893. The number of hydrogen-bond acceptors (Lipinski definition) is 2. The van der Waals surface area contributed by atoms with Gasteiger partial charge in [-0.1, -0.05) is 20.3 Å². The molecule has 0 amide bonds. The van der Waals surface area contributed by atoms with Gasteiger partial charge in [0.25, 0.3) is 0 Å². The zero-order chi connectivity index (χ0) is 9.14. The monoisotopic (exact) mass is 283 g/mol. The summed E-state index contributed by atoms with van der Waals surface area (Å²) < 4.78 is 1.14. The SMILES string of the molecule is CCC(C)[C@H](N)c1cc(Br)cs1.Cl. The maximum atomic E-state index is 6.05. The van der Waals surface area contributed by atoms with Crippen molar-refractivity contribution >= 4 is 39.7 Å². The lowest BCUT2D eigenvalue weighted by molar-refractivity contribution is 0.462. The molecule has 2 N–H and O–H groups in total. The van der Waals surface area contributed by atoms with Crippen LogP contribution in [0.15, 0.2) is 15.9 Å². The molecule has 1 aromatic heterocycles. The van der Waals surface area contributed by atoms with Crippen LogP contribution in [0.25, 0.3) is 0 Å². The fourth-order valence-corrected chi connectivity index (χ4v) is 2.62. The molecule has 0 radical (unpaired) electrons. The first kappa shape index (κ1) is 13.4. The number of hydrogen-bond donors (Lipinski definition) is 1. The Balaban J connectivity index is 0.00000144. The molecular formula is C9H15BrClNS. The molecule has 0 saturated carbocycles. The maximum absolute atomic E-state index is 6.05. The highest BCUT2D eigenvalue weighted by Crippen LogP contribution is 2.29. The van der Waals surface area contributed by atoms with Gasteiger partial charge in [-0.15, -0.1) is 23.7 Å². The minimum atomic E-state index is 0. The van der Waals surface area contributed by atoms with Crippen molar-refractivity contribution in [3.05, 3.63) is 20.8 Å². The normalized spacial score (nSPS) is 14.8. The van der Waals surface area contributed by atoms with Gasteiger partial charge in [0, 0.05) is 20.8 Å². The lowest BCUT2D eigenvalue weighted by Crippen LogP contribution is -2.16. The van der Waals surface area contributed by atoms with E-state index in [-0.39, 0.29) is 18.4 Å². The summed E-state index contributed by atoms with van der Waals surface area (Å²) in [6.07, 6.45) is 1.14. The highest BCUT2D eigenvalue weighted by molar-refractivity contribution is 9.10. The Hall–Kier alpha value is 0.430. The second-order valence-corrected chi connectivity index (χ2v) is 4.94. The van der Waals surface area contributed by atoms with Crippen LogP contribution in [0.1, 0.15) is 31.2 Å².